The van der Waals surface area contributed by atoms with Crippen molar-refractivity contribution in [2.75, 3.05) is 23.9 Å². The molecule has 0 spiro atoms. The zero-order valence-corrected chi connectivity index (χ0v) is 18.7. The van der Waals surface area contributed by atoms with E-state index in [4.69, 9.17) is 9.47 Å². The average Bonchev–Trinajstić information content (AvgIpc) is 2.80. The lowest BCUT2D eigenvalue weighted by Crippen LogP contribution is -2.14. The molecule has 0 saturated heterocycles. The van der Waals surface area contributed by atoms with Crippen LogP contribution in [0.3, 0.4) is 0 Å². The second-order valence-electron chi connectivity index (χ2n) is 6.61. The molecule has 0 fully saturated rings. The van der Waals surface area contributed by atoms with Gasteiger partial charge in [0.2, 0.25) is 0 Å². The average molecular weight is 471 g/mol. The fourth-order valence-corrected chi connectivity index (χ4v) is 3.94. The Kier molecular flexibility index (Phi) is 7.46. The largest absolute Gasteiger partial charge is 0.495 e. The molecule has 3 aromatic carbocycles. The monoisotopic (exact) mass is 470 g/mol. The van der Waals surface area contributed by atoms with Gasteiger partial charge in [-0.1, -0.05) is 12.1 Å². The van der Waals surface area contributed by atoms with E-state index >= 15 is 0 Å². The van der Waals surface area contributed by atoms with Crippen molar-refractivity contribution in [2.45, 2.75) is 11.8 Å². The molecule has 0 aliphatic carbocycles. The van der Waals surface area contributed by atoms with Crippen molar-refractivity contribution in [3.8, 4) is 11.5 Å². The molecule has 0 unspecified atom stereocenters. The van der Waals surface area contributed by atoms with Crippen molar-refractivity contribution in [3.63, 3.8) is 0 Å². The highest BCUT2D eigenvalue weighted by Gasteiger charge is 2.22. The van der Waals surface area contributed by atoms with Crippen LogP contribution in [-0.4, -0.2) is 33.3 Å². The summed E-state index contributed by atoms with van der Waals surface area (Å²) in [6.45, 7) is 2.44. The van der Waals surface area contributed by atoms with Crippen molar-refractivity contribution in [1.82, 2.24) is 0 Å². The van der Waals surface area contributed by atoms with Gasteiger partial charge in [0.05, 0.1) is 35.4 Å². The third kappa shape index (κ3) is 5.98. The van der Waals surface area contributed by atoms with Crippen LogP contribution in [-0.2, 0) is 10.0 Å². The van der Waals surface area contributed by atoms with Crippen molar-refractivity contribution < 1.29 is 22.8 Å². The molecule has 3 rings (SSSR count). The van der Waals surface area contributed by atoms with E-state index in [2.05, 4.69) is 15.2 Å². The van der Waals surface area contributed by atoms with E-state index in [0.29, 0.717) is 12.4 Å². The topological polar surface area (TPSA) is 132 Å². The summed E-state index contributed by atoms with van der Waals surface area (Å²) < 4.78 is 38.5. The first-order valence-corrected chi connectivity index (χ1v) is 11.3. The Morgan fingerprint density at radius 3 is 2.45 bits per heavy atom. The third-order valence-electron chi connectivity index (χ3n) is 4.42. The van der Waals surface area contributed by atoms with E-state index in [-0.39, 0.29) is 16.3 Å². The number of ether oxygens (including phenoxy) is 2. The number of benzene rings is 3. The van der Waals surface area contributed by atoms with Crippen molar-refractivity contribution in [1.29, 1.82) is 0 Å². The number of hydrogen-bond donors (Lipinski definition) is 2. The number of rotatable bonds is 10. The smallest absolute Gasteiger partial charge is 0.295 e. The van der Waals surface area contributed by atoms with Crippen LogP contribution in [0.1, 0.15) is 12.5 Å². The van der Waals surface area contributed by atoms with E-state index in [1.165, 1.54) is 31.5 Å². The molecule has 0 aliphatic heterocycles. The summed E-state index contributed by atoms with van der Waals surface area (Å²) in [4.78, 5) is 10.6. The number of hydrazone groups is 1. The fraction of sp³-hybridized carbons (Fsp3) is 0.136. The van der Waals surface area contributed by atoms with Gasteiger partial charge < -0.3 is 9.47 Å². The van der Waals surface area contributed by atoms with Gasteiger partial charge in [-0.05, 0) is 61.0 Å². The zero-order chi connectivity index (χ0) is 23.8. The fourth-order valence-electron chi connectivity index (χ4n) is 2.85. The van der Waals surface area contributed by atoms with Gasteiger partial charge in [0, 0.05) is 6.07 Å². The van der Waals surface area contributed by atoms with Crippen LogP contribution in [0.15, 0.2) is 76.7 Å². The second-order valence-corrected chi connectivity index (χ2v) is 8.30. The van der Waals surface area contributed by atoms with Crippen LogP contribution < -0.4 is 19.6 Å². The predicted molar refractivity (Wildman–Crippen MR) is 126 cm³/mol. The molecule has 2 N–H and O–H groups in total. The van der Waals surface area contributed by atoms with Crippen molar-refractivity contribution >= 4 is 33.3 Å². The number of para-hydroxylation sites is 2. The maximum atomic E-state index is 12.8. The Labute approximate surface area is 191 Å². The van der Waals surface area contributed by atoms with Gasteiger partial charge in [-0.3, -0.25) is 20.3 Å². The van der Waals surface area contributed by atoms with E-state index in [1.54, 1.807) is 42.5 Å². The predicted octanol–water partition coefficient (Wildman–Crippen LogP) is 4.25. The molecule has 33 heavy (non-hydrogen) atoms. The van der Waals surface area contributed by atoms with E-state index < -0.39 is 20.6 Å². The van der Waals surface area contributed by atoms with Gasteiger partial charge >= 0.3 is 0 Å². The molecule has 3 aromatic rings. The lowest BCUT2D eigenvalue weighted by Gasteiger charge is -2.12. The second kappa shape index (κ2) is 10.5. The van der Waals surface area contributed by atoms with Gasteiger partial charge in [-0.15, -0.1) is 0 Å². The van der Waals surface area contributed by atoms with Gasteiger partial charge in [0.15, 0.2) is 0 Å². The van der Waals surface area contributed by atoms with Crippen LogP contribution in [0.5, 0.6) is 11.5 Å². The standard InChI is InChI=1S/C22H22N4O6S/c1-3-32-17-10-8-16(9-11-17)15-23-24-19-13-12-18(14-21(19)26(27)28)33(29,30)25-20-6-4-5-7-22(20)31-2/h4-15,24-25H,3H2,1-2H3/b23-15+. The minimum Gasteiger partial charge on any atom is -0.495 e. The SMILES string of the molecule is CCOc1ccc(/C=N/Nc2ccc(S(=O)(=O)Nc3ccccc3OC)cc2[N+](=O)[O-])cc1. The molecule has 172 valence electrons. The number of methoxy groups -OCH3 is 1. The number of nitro benzene ring substituents is 1. The lowest BCUT2D eigenvalue weighted by atomic mass is 10.2. The van der Waals surface area contributed by atoms with E-state index in [0.717, 1.165) is 17.4 Å². The summed E-state index contributed by atoms with van der Waals surface area (Å²) in [7, 11) is -2.69. The first-order chi connectivity index (χ1) is 15.8. The normalized spacial score (nSPS) is 11.2. The first kappa shape index (κ1) is 23.5. The number of nitrogens with zero attached hydrogens (tertiary/aromatic N) is 2. The Hall–Kier alpha value is -4.12. The Morgan fingerprint density at radius 1 is 1.06 bits per heavy atom. The first-order valence-electron chi connectivity index (χ1n) is 9.80. The molecule has 0 radical (unpaired) electrons. The molecule has 0 bridgehead atoms. The summed E-state index contributed by atoms with van der Waals surface area (Å²) in [6.07, 6.45) is 1.48. The van der Waals surface area contributed by atoms with Gasteiger partial charge in [0.25, 0.3) is 15.7 Å². The summed E-state index contributed by atoms with van der Waals surface area (Å²) >= 11 is 0. The molecule has 10 nitrogen and oxygen atoms in total. The summed E-state index contributed by atoms with van der Waals surface area (Å²) in [5.41, 5.74) is 3.15. The van der Waals surface area contributed by atoms with Gasteiger partial charge in [-0.2, -0.15) is 5.10 Å². The number of nitrogens with one attached hydrogen (secondary N) is 2. The number of nitro groups is 1. The molecular weight excluding hydrogens is 448 g/mol. The van der Waals surface area contributed by atoms with Gasteiger partial charge in [0.1, 0.15) is 17.2 Å². The molecule has 0 heterocycles. The zero-order valence-electron chi connectivity index (χ0n) is 17.9. The van der Waals surface area contributed by atoms with Crippen LogP contribution in [0.2, 0.25) is 0 Å². The molecule has 0 amide bonds. The van der Waals surface area contributed by atoms with Crippen LogP contribution in [0.4, 0.5) is 17.1 Å². The molecular formula is C22H22N4O6S. The maximum Gasteiger partial charge on any atom is 0.295 e. The quantitative estimate of drug-likeness (QED) is 0.257. The van der Waals surface area contributed by atoms with Crippen LogP contribution >= 0.6 is 0 Å². The van der Waals surface area contributed by atoms with Crippen molar-refractivity contribution in [3.05, 3.63) is 82.4 Å². The third-order valence-corrected chi connectivity index (χ3v) is 5.78. The Balaban J connectivity index is 1.80. The molecule has 0 atom stereocenters. The van der Waals surface area contributed by atoms with E-state index in [1.807, 2.05) is 6.92 Å². The highest BCUT2D eigenvalue weighted by Crippen LogP contribution is 2.30. The molecule has 11 heteroatoms. The Bertz CT molecular complexity index is 1260. The van der Waals surface area contributed by atoms with Crippen molar-refractivity contribution in [2.24, 2.45) is 5.10 Å². The molecule has 0 aliphatic rings. The summed E-state index contributed by atoms with van der Waals surface area (Å²) in [5, 5.41) is 15.6. The minimum atomic E-state index is -4.10. The minimum absolute atomic E-state index is 0.0402. The van der Waals surface area contributed by atoms with Gasteiger partial charge in [-0.25, -0.2) is 8.42 Å². The highest BCUT2D eigenvalue weighted by molar-refractivity contribution is 7.92. The maximum absolute atomic E-state index is 12.8. The number of anilines is 2. The summed E-state index contributed by atoms with van der Waals surface area (Å²) in [5.74, 6) is 1.04. The number of sulfonamides is 1. The molecule has 0 saturated carbocycles. The van der Waals surface area contributed by atoms with E-state index in [9.17, 15) is 18.5 Å². The Morgan fingerprint density at radius 2 is 1.79 bits per heavy atom. The van der Waals surface area contributed by atoms with Crippen LogP contribution in [0, 0.1) is 10.1 Å². The van der Waals surface area contributed by atoms with Crippen LogP contribution in [0.25, 0.3) is 0 Å². The molecule has 0 aromatic heterocycles. The number of hydrogen-bond acceptors (Lipinski definition) is 8. The summed E-state index contributed by atoms with van der Waals surface area (Å²) in [6, 6.07) is 17.1. The highest BCUT2D eigenvalue weighted by atomic mass is 32.2. The lowest BCUT2D eigenvalue weighted by molar-refractivity contribution is -0.384.